The van der Waals surface area contributed by atoms with Gasteiger partial charge in [-0.1, -0.05) is 11.2 Å². The Morgan fingerprint density at radius 1 is 1.53 bits per heavy atom. The molecule has 0 aromatic heterocycles. The van der Waals surface area contributed by atoms with Gasteiger partial charge in [0.05, 0.1) is 6.04 Å². The summed E-state index contributed by atoms with van der Waals surface area (Å²) in [5.41, 5.74) is 5.79. The van der Waals surface area contributed by atoms with Gasteiger partial charge in [-0.2, -0.15) is 0 Å². The monoisotopic (exact) mass is 243 g/mol. The van der Waals surface area contributed by atoms with Crippen LogP contribution >= 0.6 is 0 Å². The van der Waals surface area contributed by atoms with Crippen molar-refractivity contribution in [2.45, 2.75) is 19.5 Å². The molecule has 0 saturated heterocycles. The van der Waals surface area contributed by atoms with Crippen molar-refractivity contribution in [2.24, 2.45) is 10.9 Å². The first-order valence-corrected chi connectivity index (χ1v) is 5.07. The zero-order chi connectivity index (χ0) is 13.0. The molecular formula is C11H15F2N3O. The lowest BCUT2D eigenvalue weighted by atomic mass is 10.1. The predicted octanol–water partition coefficient (Wildman–Crippen LogP) is 1.53. The van der Waals surface area contributed by atoms with Gasteiger partial charge in [-0.25, -0.2) is 8.78 Å². The van der Waals surface area contributed by atoms with E-state index in [2.05, 4.69) is 5.16 Å². The van der Waals surface area contributed by atoms with E-state index in [9.17, 15) is 8.78 Å². The highest BCUT2D eigenvalue weighted by atomic mass is 19.1. The Hall–Kier alpha value is -1.69. The number of benzene rings is 1. The molecule has 0 aliphatic carbocycles. The SMILES string of the molecule is CC(C(N)=NO)N(C)Cc1ccc(F)cc1F. The molecule has 0 saturated carbocycles. The summed E-state index contributed by atoms with van der Waals surface area (Å²) in [6, 6.07) is 3.06. The second-order valence-corrected chi connectivity index (χ2v) is 3.85. The minimum absolute atomic E-state index is 0.0371. The van der Waals surface area contributed by atoms with Gasteiger partial charge in [0.25, 0.3) is 0 Å². The van der Waals surface area contributed by atoms with Crippen LogP contribution in [-0.4, -0.2) is 29.0 Å². The van der Waals surface area contributed by atoms with E-state index in [-0.39, 0.29) is 18.4 Å². The number of likely N-dealkylation sites (N-methyl/N-ethyl adjacent to an activating group) is 1. The number of amidine groups is 1. The first-order chi connectivity index (χ1) is 7.95. The van der Waals surface area contributed by atoms with Gasteiger partial charge >= 0.3 is 0 Å². The van der Waals surface area contributed by atoms with E-state index in [1.54, 1.807) is 18.9 Å². The van der Waals surface area contributed by atoms with Crippen molar-refractivity contribution in [3.8, 4) is 0 Å². The lowest BCUT2D eigenvalue weighted by Gasteiger charge is -2.23. The molecule has 0 bridgehead atoms. The summed E-state index contributed by atoms with van der Waals surface area (Å²) in [4.78, 5) is 1.69. The maximum absolute atomic E-state index is 13.4. The van der Waals surface area contributed by atoms with Crippen molar-refractivity contribution in [1.82, 2.24) is 4.90 Å². The summed E-state index contributed by atoms with van der Waals surface area (Å²) in [5, 5.41) is 11.4. The van der Waals surface area contributed by atoms with E-state index in [4.69, 9.17) is 10.9 Å². The molecule has 3 N–H and O–H groups in total. The highest BCUT2D eigenvalue weighted by Crippen LogP contribution is 2.12. The molecule has 0 heterocycles. The van der Waals surface area contributed by atoms with Crippen LogP contribution in [0, 0.1) is 11.6 Å². The molecular weight excluding hydrogens is 228 g/mol. The fourth-order valence-electron chi connectivity index (χ4n) is 1.36. The molecule has 0 aliphatic rings. The average Bonchev–Trinajstić information content (AvgIpc) is 2.30. The highest BCUT2D eigenvalue weighted by Gasteiger charge is 2.15. The van der Waals surface area contributed by atoms with Crippen LogP contribution in [0.15, 0.2) is 23.4 Å². The van der Waals surface area contributed by atoms with Crippen molar-refractivity contribution in [1.29, 1.82) is 0 Å². The highest BCUT2D eigenvalue weighted by molar-refractivity contribution is 5.84. The van der Waals surface area contributed by atoms with E-state index in [0.717, 1.165) is 6.07 Å². The van der Waals surface area contributed by atoms with E-state index in [0.29, 0.717) is 5.56 Å². The summed E-state index contributed by atoms with van der Waals surface area (Å²) in [5.74, 6) is -1.18. The number of halogens is 2. The zero-order valence-electron chi connectivity index (χ0n) is 9.69. The molecule has 1 aromatic carbocycles. The Bertz CT molecular complexity index is 423. The molecule has 1 atom stereocenters. The van der Waals surface area contributed by atoms with Gasteiger partial charge in [0, 0.05) is 18.2 Å². The van der Waals surface area contributed by atoms with Crippen molar-refractivity contribution in [2.75, 3.05) is 7.05 Å². The summed E-state index contributed by atoms with van der Waals surface area (Å²) in [6.45, 7) is 1.96. The summed E-state index contributed by atoms with van der Waals surface area (Å²) in [7, 11) is 1.70. The summed E-state index contributed by atoms with van der Waals surface area (Å²) >= 11 is 0. The molecule has 1 rings (SSSR count). The Morgan fingerprint density at radius 3 is 2.71 bits per heavy atom. The second-order valence-electron chi connectivity index (χ2n) is 3.85. The normalized spacial score (nSPS) is 14.1. The first kappa shape index (κ1) is 13.4. The molecule has 94 valence electrons. The van der Waals surface area contributed by atoms with Gasteiger partial charge in [0.15, 0.2) is 5.84 Å². The van der Waals surface area contributed by atoms with Gasteiger partial charge < -0.3 is 10.9 Å². The predicted molar refractivity (Wildman–Crippen MR) is 60.7 cm³/mol. The van der Waals surface area contributed by atoms with Crippen LogP contribution in [0.4, 0.5) is 8.78 Å². The van der Waals surface area contributed by atoms with Crippen LogP contribution in [0.2, 0.25) is 0 Å². The molecule has 6 heteroatoms. The van der Waals surface area contributed by atoms with Crippen molar-refractivity contribution in [3.63, 3.8) is 0 Å². The smallest absolute Gasteiger partial charge is 0.156 e. The second kappa shape index (κ2) is 5.58. The minimum Gasteiger partial charge on any atom is -0.409 e. The Morgan fingerprint density at radius 2 is 2.18 bits per heavy atom. The van der Waals surface area contributed by atoms with Gasteiger partial charge in [-0.15, -0.1) is 0 Å². The van der Waals surface area contributed by atoms with E-state index in [1.807, 2.05) is 0 Å². The fourth-order valence-corrected chi connectivity index (χ4v) is 1.36. The number of rotatable bonds is 4. The van der Waals surface area contributed by atoms with E-state index < -0.39 is 11.6 Å². The zero-order valence-corrected chi connectivity index (χ0v) is 9.69. The van der Waals surface area contributed by atoms with Crippen LogP contribution in [0.1, 0.15) is 12.5 Å². The lowest BCUT2D eigenvalue weighted by Crippen LogP contribution is -2.40. The van der Waals surface area contributed by atoms with Gasteiger partial charge in [0.1, 0.15) is 11.6 Å². The first-order valence-electron chi connectivity index (χ1n) is 5.07. The standard InChI is InChI=1S/C11H15F2N3O/c1-7(11(14)15-17)16(2)6-8-3-4-9(12)5-10(8)13/h3-5,7,17H,6H2,1-2H3,(H2,14,15). The van der Waals surface area contributed by atoms with Gasteiger partial charge in [-0.3, -0.25) is 4.90 Å². The molecule has 0 fully saturated rings. The third-order valence-corrected chi connectivity index (χ3v) is 2.64. The van der Waals surface area contributed by atoms with E-state index >= 15 is 0 Å². The van der Waals surface area contributed by atoms with Crippen LogP contribution in [-0.2, 0) is 6.54 Å². The Labute approximate surface area is 98.3 Å². The Balaban J connectivity index is 2.77. The molecule has 0 aliphatic heterocycles. The quantitative estimate of drug-likeness (QED) is 0.365. The van der Waals surface area contributed by atoms with Crippen LogP contribution in [0.25, 0.3) is 0 Å². The van der Waals surface area contributed by atoms with Crippen LogP contribution in [0.3, 0.4) is 0 Å². The van der Waals surface area contributed by atoms with Gasteiger partial charge in [-0.05, 0) is 20.0 Å². The fraction of sp³-hybridized carbons (Fsp3) is 0.364. The van der Waals surface area contributed by atoms with E-state index in [1.165, 1.54) is 12.1 Å². The largest absolute Gasteiger partial charge is 0.409 e. The molecule has 1 aromatic rings. The molecule has 0 radical (unpaired) electrons. The van der Waals surface area contributed by atoms with Gasteiger partial charge in [0.2, 0.25) is 0 Å². The molecule has 17 heavy (non-hydrogen) atoms. The molecule has 4 nitrogen and oxygen atoms in total. The van der Waals surface area contributed by atoms with Crippen LogP contribution < -0.4 is 5.73 Å². The Kier molecular flexibility index (Phi) is 4.39. The number of hydrogen-bond acceptors (Lipinski definition) is 3. The number of oxime groups is 1. The number of hydrogen-bond donors (Lipinski definition) is 2. The molecule has 0 amide bonds. The number of nitrogens with zero attached hydrogens (tertiary/aromatic N) is 2. The summed E-state index contributed by atoms with van der Waals surface area (Å²) < 4.78 is 26.1. The molecule has 1 unspecified atom stereocenters. The lowest BCUT2D eigenvalue weighted by molar-refractivity contribution is 0.276. The van der Waals surface area contributed by atoms with Crippen molar-refractivity contribution in [3.05, 3.63) is 35.4 Å². The maximum atomic E-state index is 13.4. The van der Waals surface area contributed by atoms with Crippen molar-refractivity contribution < 1.29 is 14.0 Å². The number of nitrogens with two attached hydrogens (primary N) is 1. The third-order valence-electron chi connectivity index (χ3n) is 2.64. The summed E-state index contributed by atoms with van der Waals surface area (Å²) in [6.07, 6.45) is 0. The topological polar surface area (TPSA) is 61.9 Å². The molecule has 0 spiro atoms. The van der Waals surface area contributed by atoms with Crippen LogP contribution in [0.5, 0.6) is 0 Å². The van der Waals surface area contributed by atoms with Crippen molar-refractivity contribution >= 4 is 5.84 Å². The third kappa shape index (κ3) is 3.39. The average molecular weight is 243 g/mol. The minimum atomic E-state index is -0.613. The maximum Gasteiger partial charge on any atom is 0.156 e.